The van der Waals surface area contributed by atoms with Crippen molar-refractivity contribution in [3.05, 3.63) is 94.0 Å². The average molecular weight is 464 g/mol. The number of benzene rings is 3. The molecule has 1 N–H and O–H groups in total. The van der Waals surface area contributed by atoms with Gasteiger partial charge in [-0.2, -0.15) is 0 Å². The standard InChI is InChI=1S/C26H22ClNO5/c1-15-9-11-18(14-19(15)27)28-23(17-10-12-20(32-2)21(13-17)33-3)22(25(30)26(28)31)24(29)16-7-5-4-6-8-16/h4-14,23,29H,1-3H3/b24-22+/t23-/m1/s1. The molecule has 33 heavy (non-hydrogen) atoms. The van der Waals surface area contributed by atoms with Crippen molar-refractivity contribution < 1.29 is 24.2 Å². The van der Waals surface area contributed by atoms with Gasteiger partial charge in [-0.1, -0.05) is 54.1 Å². The minimum absolute atomic E-state index is 0.0184. The topological polar surface area (TPSA) is 76.1 Å². The molecule has 1 aliphatic rings. The third-order valence-electron chi connectivity index (χ3n) is 5.65. The van der Waals surface area contributed by atoms with E-state index in [1.54, 1.807) is 66.7 Å². The molecule has 0 bridgehead atoms. The molecular weight excluding hydrogens is 442 g/mol. The van der Waals surface area contributed by atoms with Crippen LogP contribution >= 0.6 is 11.6 Å². The molecule has 0 aliphatic carbocycles. The number of amides is 1. The molecule has 6 nitrogen and oxygen atoms in total. The Bertz CT molecular complexity index is 1270. The zero-order chi connectivity index (χ0) is 23.7. The number of carbonyl (C=O) groups is 2. The van der Waals surface area contributed by atoms with E-state index in [1.165, 1.54) is 19.1 Å². The molecule has 0 aromatic heterocycles. The Hall–Kier alpha value is -3.77. The summed E-state index contributed by atoms with van der Waals surface area (Å²) in [5, 5.41) is 11.6. The number of ketones is 1. The second-order valence-corrected chi connectivity index (χ2v) is 7.99. The monoisotopic (exact) mass is 463 g/mol. The van der Waals surface area contributed by atoms with Gasteiger partial charge >= 0.3 is 0 Å². The summed E-state index contributed by atoms with van der Waals surface area (Å²) >= 11 is 6.33. The number of halogens is 1. The highest BCUT2D eigenvalue weighted by molar-refractivity contribution is 6.51. The van der Waals surface area contributed by atoms with E-state index >= 15 is 0 Å². The number of carbonyl (C=O) groups excluding carboxylic acids is 2. The van der Waals surface area contributed by atoms with E-state index in [4.69, 9.17) is 21.1 Å². The Labute approximate surface area is 196 Å². The molecule has 7 heteroatoms. The Morgan fingerprint density at radius 3 is 2.27 bits per heavy atom. The molecule has 1 amide bonds. The van der Waals surface area contributed by atoms with Crippen molar-refractivity contribution >= 4 is 34.7 Å². The number of aryl methyl sites for hydroxylation is 1. The maximum Gasteiger partial charge on any atom is 0.300 e. The van der Waals surface area contributed by atoms with Crippen molar-refractivity contribution in [3.8, 4) is 11.5 Å². The molecule has 3 aromatic rings. The number of nitrogens with zero attached hydrogens (tertiary/aromatic N) is 1. The highest BCUT2D eigenvalue weighted by atomic mass is 35.5. The maximum atomic E-state index is 13.2. The smallest absolute Gasteiger partial charge is 0.300 e. The average Bonchev–Trinajstić information content (AvgIpc) is 3.10. The van der Waals surface area contributed by atoms with Gasteiger partial charge in [-0.3, -0.25) is 14.5 Å². The van der Waals surface area contributed by atoms with Crippen LogP contribution in [0.2, 0.25) is 5.02 Å². The fourth-order valence-corrected chi connectivity index (χ4v) is 4.10. The second-order valence-electron chi connectivity index (χ2n) is 7.58. The molecule has 1 aliphatic heterocycles. The van der Waals surface area contributed by atoms with E-state index < -0.39 is 17.7 Å². The molecule has 168 valence electrons. The zero-order valence-corrected chi connectivity index (χ0v) is 19.1. The van der Waals surface area contributed by atoms with Gasteiger partial charge in [-0.15, -0.1) is 0 Å². The number of anilines is 1. The largest absolute Gasteiger partial charge is 0.507 e. The molecule has 3 aromatic carbocycles. The number of rotatable bonds is 5. The summed E-state index contributed by atoms with van der Waals surface area (Å²) in [6, 6.07) is 18.0. The second kappa shape index (κ2) is 9.00. The minimum Gasteiger partial charge on any atom is -0.507 e. The van der Waals surface area contributed by atoms with Crippen LogP contribution in [0.25, 0.3) is 5.76 Å². The lowest BCUT2D eigenvalue weighted by molar-refractivity contribution is -0.132. The lowest BCUT2D eigenvalue weighted by Crippen LogP contribution is -2.29. The predicted octanol–water partition coefficient (Wildman–Crippen LogP) is 5.29. The molecule has 1 fully saturated rings. The van der Waals surface area contributed by atoms with Crippen LogP contribution in [0, 0.1) is 6.92 Å². The quantitative estimate of drug-likeness (QED) is 0.316. The first-order chi connectivity index (χ1) is 15.9. The molecular formula is C26H22ClNO5. The lowest BCUT2D eigenvalue weighted by atomic mass is 9.94. The van der Waals surface area contributed by atoms with Gasteiger partial charge in [0.1, 0.15) is 5.76 Å². The normalized spacial score (nSPS) is 17.3. The number of hydrogen-bond donors (Lipinski definition) is 1. The van der Waals surface area contributed by atoms with Crippen molar-refractivity contribution in [2.24, 2.45) is 0 Å². The molecule has 0 radical (unpaired) electrons. The summed E-state index contributed by atoms with van der Waals surface area (Å²) < 4.78 is 10.8. The van der Waals surface area contributed by atoms with Gasteiger partial charge in [0.05, 0.1) is 25.8 Å². The number of methoxy groups -OCH3 is 2. The fraction of sp³-hybridized carbons (Fsp3) is 0.154. The van der Waals surface area contributed by atoms with Crippen LogP contribution in [0.3, 0.4) is 0 Å². The zero-order valence-electron chi connectivity index (χ0n) is 18.3. The van der Waals surface area contributed by atoms with Crippen molar-refractivity contribution in [2.45, 2.75) is 13.0 Å². The van der Waals surface area contributed by atoms with Crippen LogP contribution in [-0.4, -0.2) is 31.0 Å². The Morgan fingerprint density at radius 2 is 1.64 bits per heavy atom. The number of aliphatic hydroxyl groups is 1. The van der Waals surface area contributed by atoms with E-state index in [-0.39, 0.29) is 11.3 Å². The van der Waals surface area contributed by atoms with E-state index in [0.29, 0.717) is 33.3 Å². The molecule has 1 saturated heterocycles. The number of Topliss-reactive ketones (excluding diaryl/α,β-unsaturated/α-hetero) is 1. The molecule has 1 heterocycles. The van der Waals surface area contributed by atoms with Crippen molar-refractivity contribution in [3.63, 3.8) is 0 Å². The highest BCUT2D eigenvalue weighted by Crippen LogP contribution is 2.44. The van der Waals surface area contributed by atoms with Crippen LogP contribution in [-0.2, 0) is 9.59 Å². The van der Waals surface area contributed by atoms with Gasteiger partial charge < -0.3 is 14.6 Å². The predicted molar refractivity (Wildman–Crippen MR) is 127 cm³/mol. The van der Waals surface area contributed by atoms with Crippen LogP contribution in [0.15, 0.2) is 72.3 Å². The maximum absolute atomic E-state index is 13.2. The van der Waals surface area contributed by atoms with Gasteiger partial charge in [-0.05, 0) is 42.3 Å². The van der Waals surface area contributed by atoms with Crippen LogP contribution in [0.5, 0.6) is 11.5 Å². The van der Waals surface area contributed by atoms with E-state index in [1.807, 2.05) is 6.92 Å². The van der Waals surface area contributed by atoms with Crippen molar-refractivity contribution in [2.75, 3.05) is 19.1 Å². The van der Waals surface area contributed by atoms with Gasteiger partial charge in [0.15, 0.2) is 11.5 Å². The van der Waals surface area contributed by atoms with Crippen molar-refractivity contribution in [1.82, 2.24) is 0 Å². The number of aliphatic hydroxyl groups excluding tert-OH is 1. The first kappa shape index (κ1) is 22.4. The van der Waals surface area contributed by atoms with E-state index in [9.17, 15) is 14.7 Å². The molecule has 0 unspecified atom stereocenters. The Morgan fingerprint density at radius 1 is 0.939 bits per heavy atom. The van der Waals surface area contributed by atoms with Crippen LogP contribution in [0.1, 0.15) is 22.7 Å². The van der Waals surface area contributed by atoms with Gasteiger partial charge in [0.2, 0.25) is 0 Å². The number of ether oxygens (including phenoxy) is 2. The first-order valence-corrected chi connectivity index (χ1v) is 10.6. The van der Waals surface area contributed by atoms with Crippen molar-refractivity contribution in [1.29, 1.82) is 0 Å². The van der Waals surface area contributed by atoms with Gasteiger partial charge in [0, 0.05) is 16.3 Å². The molecule has 1 atom stereocenters. The third kappa shape index (κ3) is 3.94. The summed E-state index contributed by atoms with van der Waals surface area (Å²) in [6.45, 7) is 1.85. The fourth-order valence-electron chi connectivity index (χ4n) is 3.92. The third-order valence-corrected chi connectivity index (χ3v) is 6.06. The lowest BCUT2D eigenvalue weighted by Gasteiger charge is -2.26. The molecule has 0 saturated carbocycles. The van der Waals surface area contributed by atoms with E-state index in [2.05, 4.69) is 0 Å². The SMILES string of the molecule is COc1ccc([C@@H]2/C(=C(\O)c3ccccc3)C(=O)C(=O)N2c2ccc(C)c(Cl)c2)cc1OC. The summed E-state index contributed by atoms with van der Waals surface area (Å²) in [5.41, 5.74) is 2.27. The Balaban J connectivity index is 1.98. The van der Waals surface area contributed by atoms with Crippen LogP contribution < -0.4 is 14.4 Å². The summed E-state index contributed by atoms with van der Waals surface area (Å²) in [7, 11) is 3.02. The first-order valence-electron chi connectivity index (χ1n) is 10.2. The van der Waals surface area contributed by atoms with Gasteiger partial charge in [-0.25, -0.2) is 0 Å². The molecule has 0 spiro atoms. The number of hydrogen-bond acceptors (Lipinski definition) is 5. The van der Waals surface area contributed by atoms with Gasteiger partial charge in [0.25, 0.3) is 11.7 Å². The summed E-state index contributed by atoms with van der Waals surface area (Å²) in [4.78, 5) is 27.8. The summed E-state index contributed by atoms with van der Waals surface area (Å²) in [5.74, 6) is -0.864. The minimum atomic E-state index is -0.899. The molecule has 4 rings (SSSR count). The summed E-state index contributed by atoms with van der Waals surface area (Å²) in [6.07, 6.45) is 0. The van der Waals surface area contributed by atoms with Crippen LogP contribution in [0.4, 0.5) is 5.69 Å². The Kier molecular flexibility index (Phi) is 6.11. The highest BCUT2D eigenvalue weighted by Gasteiger charge is 2.47. The van der Waals surface area contributed by atoms with E-state index in [0.717, 1.165) is 5.56 Å².